The van der Waals surface area contributed by atoms with Crippen LogP contribution >= 0.6 is 0 Å². The first kappa shape index (κ1) is 14.4. The zero-order valence-electron chi connectivity index (χ0n) is 11.6. The van der Waals surface area contributed by atoms with Gasteiger partial charge in [-0.2, -0.15) is 0 Å². The van der Waals surface area contributed by atoms with Crippen molar-refractivity contribution in [1.29, 1.82) is 0 Å². The van der Waals surface area contributed by atoms with Crippen LogP contribution in [0, 0.1) is 6.92 Å². The van der Waals surface area contributed by atoms with Crippen molar-refractivity contribution in [3.05, 3.63) is 23.3 Å². The van der Waals surface area contributed by atoms with Crippen LogP contribution in [0.2, 0.25) is 0 Å². The van der Waals surface area contributed by atoms with Gasteiger partial charge in [-0.1, -0.05) is 0 Å². The van der Waals surface area contributed by atoms with Crippen LogP contribution in [-0.4, -0.2) is 26.8 Å². The number of benzene rings is 1. The molecule has 18 heavy (non-hydrogen) atoms. The minimum Gasteiger partial charge on any atom is -0.496 e. The summed E-state index contributed by atoms with van der Waals surface area (Å²) in [5, 5.41) is 0. The second kappa shape index (κ2) is 6.28. The molecular weight excluding hydrogens is 232 g/mol. The number of carbonyl (C=O) groups is 1. The Morgan fingerprint density at radius 3 is 2.33 bits per heavy atom. The molecule has 4 heteroatoms. The highest BCUT2D eigenvalue weighted by atomic mass is 16.5. The van der Waals surface area contributed by atoms with E-state index in [2.05, 4.69) is 0 Å². The molecule has 0 radical (unpaired) electrons. The summed E-state index contributed by atoms with van der Waals surface area (Å²) in [6, 6.07) is 3.69. The largest absolute Gasteiger partial charge is 0.496 e. The normalized spacial score (nSPS) is 11.8. The molecule has 1 aromatic rings. The second-order valence-electron chi connectivity index (χ2n) is 4.04. The fraction of sp³-hybridized carbons (Fsp3) is 0.500. The van der Waals surface area contributed by atoms with Gasteiger partial charge >= 0.3 is 5.97 Å². The Balaban J connectivity index is 3.16. The molecule has 4 nitrogen and oxygen atoms in total. The molecule has 1 unspecified atom stereocenters. The SMILES string of the molecule is CCOC(=O)C(C)c1cc(OC)c(C)cc1OC. The maximum absolute atomic E-state index is 11.8. The molecule has 0 aliphatic heterocycles. The van der Waals surface area contributed by atoms with E-state index in [1.807, 2.05) is 19.1 Å². The average molecular weight is 252 g/mol. The zero-order chi connectivity index (χ0) is 13.7. The first-order valence-electron chi connectivity index (χ1n) is 5.94. The van der Waals surface area contributed by atoms with Crippen molar-refractivity contribution in [2.75, 3.05) is 20.8 Å². The lowest BCUT2D eigenvalue weighted by Crippen LogP contribution is -2.14. The highest BCUT2D eigenvalue weighted by Crippen LogP contribution is 2.33. The van der Waals surface area contributed by atoms with Gasteiger partial charge in [-0.25, -0.2) is 0 Å². The highest BCUT2D eigenvalue weighted by Gasteiger charge is 2.21. The van der Waals surface area contributed by atoms with E-state index in [1.165, 1.54) is 0 Å². The Bertz CT molecular complexity index is 426. The lowest BCUT2D eigenvalue weighted by Gasteiger charge is -2.17. The van der Waals surface area contributed by atoms with Crippen LogP contribution in [0.15, 0.2) is 12.1 Å². The van der Waals surface area contributed by atoms with E-state index >= 15 is 0 Å². The third-order valence-electron chi connectivity index (χ3n) is 2.85. The van der Waals surface area contributed by atoms with Gasteiger partial charge in [0.2, 0.25) is 0 Å². The number of esters is 1. The van der Waals surface area contributed by atoms with Crippen molar-refractivity contribution in [3.63, 3.8) is 0 Å². The Morgan fingerprint density at radius 1 is 1.22 bits per heavy atom. The fourth-order valence-electron chi connectivity index (χ4n) is 1.81. The van der Waals surface area contributed by atoms with Crippen LogP contribution in [0.5, 0.6) is 11.5 Å². The third kappa shape index (κ3) is 2.94. The number of carbonyl (C=O) groups excluding carboxylic acids is 1. The minimum atomic E-state index is -0.380. The molecule has 1 rings (SSSR count). The maximum Gasteiger partial charge on any atom is 0.313 e. The summed E-state index contributed by atoms with van der Waals surface area (Å²) in [7, 11) is 3.19. The van der Waals surface area contributed by atoms with E-state index in [1.54, 1.807) is 28.1 Å². The van der Waals surface area contributed by atoms with Crippen LogP contribution in [0.4, 0.5) is 0 Å². The predicted octanol–water partition coefficient (Wildman–Crippen LogP) is 2.68. The molecule has 0 saturated carbocycles. The van der Waals surface area contributed by atoms with Gasteiger partial charge < -0.3 is 14.2 Å². The molecule has 0 N–H and O–H groups in total. The van der Waals surface area contributed by atoms with E-state index in [0.717, 1.165) is 16.9 Å². The lowest BCUT2D eigenvalue weighted by atomic mass is 9.98. The zero-order valence-corrected chi connectivity index (χ0v) is 11.6. The van der Waals surface area contributed by atoms with Gasteiger partial charge in [0.1, 0.15) is 11.5 Å². The summed E-state index contributed by atoms with van der Waals surface area (Å²) in [5.74, 6) is 0.770. The monoisotopic (exact) mass is 252 g/mol. The number of hydrogen-bond donors (Lipinski definition) is 0. The van der Waals surface area contributed by atoms with E-state index in [4.69, 9.17) is 14.2 Å². The first-order valence-corrected chi connectivity index (χ1v) is 5.94. The summed E-state index contributed by atoms with van der Waals surface area (Å²) in [5.41, 5.74) is 1.74. The standard InChI is InChI=1S/C14H20O4/c1-6-18-14(15)10(3)11-8-12(16-4)9(2)7-13(11)17-5/h7-8,10H,6H2,1-5H3. The molecular formula is C14H20O4. The van der Waals surface area contributed by atoms with Gasteiger partial charge in [-0.05, 0) is 38.5 Å². The molecule has 0 aromatic heterocycles. The van der Waals surface area contributed by atoms with Gasteiger partial charge in [0.25, 0.3) is 0 Å². The van der Waals surface area contributed by atoms with Crippen molar-refractivity contribution in [1.82, 2.24) is 0 Å². The summed E-state index contributed by atoms with van der Waals surface area (Å²) in [6.07, 6.45) is 0. The second-order valence-corrected chi connectivity index (χ2v) is 4.04. The highest BCUT2D eigenvalue weighted by molar-refractivity contribution is 5.79. The van der Waals surface area contributed by atoms with E-state index in [9.17, 15) is 4.79 Å². The van der Waals surface area contributed by atoms with E-state index in [-0.39, 0.29) is 11.9 Å². The number of hydrogen-bond acceptors (Lipinski definition) is 4. The van der Waals surface area contributed by atoms with Gasteiger partial charge in [-0.3, -0.25) is 4.79 Å². The number of ether oxygens (including phenoxy) is 3. The molecule has 0 amide bonds. The molecule has 1 aromatic carbocycles. The summed E-state index contributed by atoms with van der Waals surface area (Å²) < 4.78 is 15.6. The topological polar surface area (TPSA) is 44.8 Å². The smallest absolute Gasteiger partial charge is 0.313 e. The minimum absolute atomic E-state index is 0.262. The van der Waals surface area contributed by atoms with Crippen molar-refractivity contribution >= 4 is 5.97 Å². The van der Waals surface area contributed by atoms with Crippen LogP contribution in [0.25, 0.3) is 0 Å². The Kier molecular flexibility index (Phi) is 5.01. The molecule has 100 valence electrons. The molecule has 0 heterocycles. The Hall–Kier alpha value is -1.71. The van der Waals surface area contributed by atoms with Gasteiger partial charge in [0.05, 0.1) is 26.7 Å². The Morgan fingerprint density at radius 2 is 1.83 bits per heavy atom. The van der Waals surface area contributed by atoms with E-state index < -0.39 is 0 Å². The fourth-order valence-corrected chi connectivity index (χ4v) is 1.81. The number of methoxy groups -OCH3 is 2. The van der Waals surface area contributed by atoms with Gasteiger partial charge in [-0.15, -0.1) is 0 Å². The van der Waals surface area contributed by atoms with E-state index in [0.29, 0.717) is 12.4 Å². The van der Waals surface area contributed by atoms with Gasteiger partial charge in [0, 0.05) is 5.56 Å². The third-order valence-corrected chi connectivity index (χ3v) is 2.85. The van der Waals surface area contributed by atoms with Crippen molar-refractivity contribution in [2.24, 2.45) is 0 Å². The maximum atomic E-state index is 11.8. The van der Waals surface area contributed by atoms with Crippen molar-refractivity contribution in [2.45, 2.75) is 26.7 Å². The quantitative estimate of drug-likeness (QED) is 0.756. The number of aryl methyl sites for hydroxylation is 1. The van der Waals surface area contributed by atoms with Crippen LogP contribution in [0.3, 0.4) is 0 Å². The number of rotatable bonds is 5. The summed E-state index contributed by atoms with van der Waals surface area (Å²) in [4.78, 5) is 11.8. The molecule has 0 bridgehead atoms. The summed E-state index contributed by atoms with van der Waals surface area (Å²) >= 11 is 0. The predicted molar refractivity (Wildman–Crippen MR) is 69.3 cm³/mol. The summed E-state index contributed by atoms with van der Waals surface area (Å²) in [6.45, 7) is 5.89. The van der Waals surface area contributed by atoms with Crippen molar-refractivity contribution < 1.29 is 19.0 Å². The van der Waals surface area contributed by atoms with Gasteiger partial charge in [0.15, 0.2) is 0 Å². The molecule has 0 fully saturated rings. The molecule has 0 aliphatic rings. The first-order chi connectivity index (χ1) is 8.54. The van der Waals surface area contributed by atoms with Crippen LogP contribution in [-0.2, 0) is 9.53 Å². The lowest BCUT2D eigenvalue weighted by molar-refractivity contribution is -0.144. The average Bonchev–Trinajstić information content (AvgIpc) is 2.37. The van der Waals surface area contributed by atoms with Crippen molar-refractivity contribution in [3.8, 4) is 11.5 Å². The molecule has 1 atom stereocenters. The molecule has 0 saturated heterocycles. The van der Waals surface area contributed by atoms with Crippen LogP contribution in [0.1, 0.15) is 30.9 Å². The molecule has 0 aliphatic carbocycles. The Labute approximate surface area is 108 Å². The van der Waals surface area contributed by atoms with Crippen LogP contribution < -0.4 is 9.47 Å². The molecule has 0 spiro atoms.